The zero-order valence-corrected chi connectivity index (χ0v) is 11.0. The van der Waals surface area contributed by atoms with Crippen molar-refractivity contribution in [2.24, 2.45) is 0 Å². The van der Waals surface area contributed by atoms with Crippen LogP contribution >= 0.6 is 24.0 Å². The summed E-state index contributed by atoms with van der Waals surface area (Å²) >= 11 is 6.52. The lowest BCUT2D eigenvalue weighted by molar-refractivity contribution is 0.313. The second kappa shape index (κ2) is 8.36. The molecule has 0 aliphatic carbocycles. The number of rotatable bonds is 5. The van der Waals surface area contributed by atoms with Crippen LogP contribution < -0.4 is 0 Å². The van der Waals surface area contributed by atoms with E-state index in [1.165, 1.54) is 17.3 Å². The highest BCUT2D eigenvalue weighted by atomic mass is 32.2. The van der Waals surface area contributed by atoms with Crippen LogP contribution in [-0.2, 0) is 4.74 Å². The van der Waals surface area contributed by atoms with E-state index in [0.29, 0.717) is 4.38 Å². The molecule has 1 nitrogen and oxygen atoms in total. The normalized spacial score (nSPS) is 10.6. The average Bonchev–Trinajstić information content (AvgIpc) is 2.31. The second-order valence-electron chi connectivity index (χ2n) is 3.28. The second-order valence-corrected chi connectivity index (χ2v) is 4.79. The van der Waals surface area contributed by atoms with Gasteiger partial charge in [-0.2, -0.15) is 0 Å². The summed E-state index contributed by atoms with van der Waals surface area (Å²) < 4.78 is 5.96. The fourth-order valence-electron chi connectivity index (χ4n) is 1.07. The van der Waals surface area contributed by atoms with E-state index in [4.69, 9.17) is 17.0 Å². The predicted octanol–water partition coefficient (Wildman–Crippen LogP) is 4.49. The van der Waals surface area contributed by atoms with Crippen LogP contribution in [0.2, 0.25) is 0 Å². The summed E-state index contributed by atoms with van der Waals surface area (Å²) in [5, 5.41) is 1.96. The Morgan fingerprint density at radius 1 is 1.38 bits per heavy atom. The van der Waals surface area contributed by atoms with Gasteiger partial charge in [0.2, 0.25) is 4.38 Å². The summed E-state index contributed by atoms with van der Waals surface area (Å²) in [5.41, 5.74) is 1.17. The maximum absolute atomic E-state index is 5.36. The molecule has 0 bridgehead atoms. The van der Waals surface area contributed by atoms with E-state index >= 15 is 0 Å². The van der Waals surface area contributed by atoms with Crippen molar-refractivity contribution in [1.29, 1.82) is 0 Å². The van der Waals surface area contributed by atoms with Gasteiger partial charge in [0, 0.05) is 0 Å². The van der Waals surface area contributed by atoms with Gasteiger partial charge in [0.1, 0.15) is 0 Å². The smallest absolute Gasteiger partial charge is 0.224 e. The third-order valence-electron chi connectivity index (χ3n) is 1.94. The molecule has 86 valence electrons. The monoisotopic (exact) mass is 252 g/mol. The van der Waals surface area contributed by atoms with Gasteiger partial charge in [0.05, 0.1) is 6.61 Å². The summed E-state index contributed by atoms with van der Waals surface area (Å²) in [6.07, 6.45) is 4.22. The molecule has 16 heavy (non-hydrogen) atoms. The molecule has 1 aromatic carbocycles. The molecule has 0 spiro atoms. The third kappa shape index (κ3) is 5.93. The largest absolute Gasteiger partial charge is 0.478 e. The van der Waals surface area contributed by atoms with Gasteiger partial charge in [-0.3, -0.25) is 0 Å². The van der Waals surface area contributed by atoms with Crippen molar-refractivity contribution in [3.05, 3.63) is 41.3 Å². The van der Waals surface area contributed by atoms with Gasteiger partial charge in [-0.15, -0.1) is 0 Å². The van der Waals surface area contributed by atoms with Crippen LogP contribution in [0.1, 0.15) is 25.3 Å². The van der Waals surface area contributed by atoms with Crippen LogP contribution in [0.25, 0.3) is 6.08 Å². The van der Waals surface area contributed by atoms with Gasteiger partial charge < -0.3 is 4.74 Å². The van der Waals surface area contributed by atoms with E-state index in [0.717, 1.165) is 19.4 Å². The summed E-state index contributed by atoms with van der Waals surface area (Å²) in [6, 6.07) is 10.1. The molecule has 0 N–H and O–H groups in total. The fraction of sp³-hybridized carbons (Fsp3) is 0.308. The first-order valence-corrected chi connectivity index (χ1v) is 6.66. The van der Waals surface area contributed by atoms with Crippen molar-refractivity contribution < 1.29 is 4.74 Å². The highest BCUT2D eigenvalue weighted by molar-refractivity contribution is 8.24. The first kappa shape index (κ1) is 13.3. The lowest BCUT2D eigenvalue weighted by atomic mass is 10.2. The van der Waals surface area contributed by atoms with Crippen LogP contribution in [0.4, 0.5) is 0 Å². The Labute approximate surface area is 107 Å². The van der Waals surface area contributed by atoms with Gasteiger partial charge in [-0.25, -0.2) is 0 Å². The molecule has 0 fully saturated rings. The van der Waals surface area contributed by atoms with E-state index in [1.807, 2.05) is 29.7 Å². The molecule has 1 rings (SSSR count). The number of hydrogen-bond acceptors (Lipinski definition) is 3. The minimum atomic E-state index is 0.598. The predicted molar refractivity (Wildman–Crippen MR) is 76.5 cm³/mol. The third-order valence-corrected chi connectivity index (χ3v) is 2.93. The van der Waals surface area contributed by atoms with Gasteiger partial charge in [0.15, 0.2) is 0 Å². The topological polar surface area (TPSA) is 9.23 Å². The van der Waals surface area contributed by atoms with E-state index in [-0.39, 0.29) is 0 Å². The number of thiocarbonyl (C=S) groups is 1. The average molecular weight is 252 g/mol. The summed E-state index contributed by atoms with van der Waals surface area (Å²) in [5.74, 6) is 0. The summed E-state index contributed by atoms with van der Waals surface area (Å²) in [6.45, 7) is 2.86. The molecule has 0 aliphatic rings. The van der Waals surface area contributed by atoms with Crippen LogP contribution in [-0.4, -0.2) is 11.0 Å². The van der Waals surface area contributed by atoms with E-state index in [9.17, 15) is 0 Å². The molecule has 0 amide bonds. The van der Waals surface area contributed by atoms with Crippen LogP contribution in [0.5, 0.6) is 0 Å². The molecule has 0 radical (unpaired) electrons. The lowest BCUT2D eigenvalue weighted by Crippen LogP contribution is -1.97. The highest BCUT2D eigenvalue weighted by Crippen LogP contribution is 2.11. The van der Waals surface area contributed by atoms with Gasteiger partial charge in [-0.05, 0) is 47.4 Å². The Morgan fingerprint density at radius 2 is 2.12 bits per heavy atom. The van der Waals surface area contributed by atoms with Crippen molar-refractivity contribution in [3.8, 4) is 0 Å². The zero-order valence-electron chi connectivity index (χ0n) is 9.39. The number of ether oxygens (including phenoxy) is 1. The molecule has 0 aromatic heterocycles. The SMILES string of the molecule is CCCCOC(=S)S/C=C/c1ccccc1. The van der Waals surface area contributed by atoms with Crippen molar-refractivity contribution in [3.63, 3.8) is 0 Å². The Bertz CT molecular complexity index is 333. The molecule has 0 heterocycles. The Balaban J connectivity index is 2.24. The van der Waals surface area contributed by atoms with Gasteiger partial charge in [-0.1, -0.05) is 43.7 Å². The van der Waals surface area contributed by atoms with E-state index in [2.05, 4.69) is 19.1 Å². The molecule has 0 saturated heterocycles. The Morgan fingerprint density at radius 3 is 2.81 bits per heavy atom. The van der Waals surface area contributed by atoms with E-state index < -0.39 is 0 Å². The Kier molecular flexibility index (Phi) is 6.93. The molecule has 0 aliphatic heterocycles. The Hall–Kier alpha value is -0.800. The first-order valence-electron chi connectivity index (χ1n) is 5.38. The highest BCUT2D eigenvalue weighted by Gasteiger charge is 1.94. The molecule has 0 atom stereocenters. The molecule has 0 unspecified atom stereocenters. The summed E-state index contributed by atoms with van der Waals surface area (Å²) in [4.78, 5) is 0. The standard InChI is InChI=1S/C13H16OS2/c1-2-3-10-14-13(15)16-11-9-12-7-5-4-6-8-12/h4-9,11H,2-3,10H2,1H3/b11-9+. The van der Waals surface area contributed by atoms with Crippen LogP contribution in [0.15, 0.2) is 35.7 Å². The van der Waals surface area contributed by atoms with Gasteiger partial charge in [0.25, 0.3) is 0 Å². The van der Waals surface area contributed by atoms with Gasteiger partial charge >= 0.3 is 0 Å². The minimum Gasteiger partial charge on any atom is -0.478 e. The maximum atomic E-state index is 5.36. The maximum Gasteiger partial charge on any atom is 0.224 e. The molecule has 1 aromatic rings. The fourth-order valence-corrected chi connectivity index (χ4v) is 1.80. The molecule has 0 saturated carbocycles. The zero-order chi connectivity index (χ0) is 11.6. The van der Waals surface area contributed by atoms with Crippen molar-refractivity contribution >= 4 is 34.4 Å². The quantitative estimate of drug-likeness (QED) is 0.564. The molecular formula is C13H16OS2. The molecule has 3 heteroatoms. The number of unbranched alkanes of at least 4 members (excludes halogenated alkanes) is 1. The van der Waals surface area contributed by atoms with E-state index in [1.54, 1.807) is 0 Å². The number of thioether (sulfide) groups is 1. The minimum absolute atomic E-state index is 0.598. The van der Waals surface area contributed by atoms with Crippen molar-refractivity contribution in [1.82, 2.24) is 0 Å². The van der Waals surface area contributed by atoms with Crippen molar-refractivity contribution in [2.75, 3.05) is 6.61 Å². The summed E-state index contributed by atoms with van der Waals surface area (Å²) in [7, 11) is 0. The van der Waals surface area contributed by atoms with Crippen LogP contribution in [0, 0.1) is 0 Å². The number of hydrogen-bond donors (Lipinski definition) is 0. The molecular weight excluding hydrogens is 236 g/mol. The first-order chi connectivity index (χ1) is 7.83. The lowest BCUT2D eigenvalue weighted by Gasteiger charge is -2.02. The van der Waals surface area contributed by atoms with Crippen LogP contribution in [0.3, 0.4) is 0 Å². The number of benzene rings is 1. The van der Waals surface area contributed by atoms with Crippen molar-refractivity contribution in [2.45, 2.75) is 19.8 Å².